The number of nitrogens with zero attached hydrogens (tertiary/aromatic N) is 2. The second-order valence-electron chi connectivity index (χ2n) is 3.80. The maximum atomic E-state index is 10.7. The van der Waals surface area contributed by atoms with Gasteiger partial charge in [0.1, 0.15) is 0 Å². The Bertz CT molecular complexity index is 384. The summed E-state index contributed by atoms with van der Waals surface area (Å²) in [5.41, 5.74) is 3.46. The number of halogens is 1. The van der Waals surface area contributed by atoms with Gasteiger partial charge in [-0.05, 0) is 27.6 Å². The van der Waals surface area contributed by atoms with Gasteiger partial charge in [-0.1, -0.05) is 6.58 Å². The number of hydrogen-bond donors (Lipinski definition) is 0. The Morgan fingerprint density at radius 2 is 2.33 bits per heavy atom. The smallest absolute Gasteiger partial charge is 0.210 e. The van der Waals surface area contributed by atoms with Crippen LogP contribution in [0.3, 0.4) is 0 Å². The van der Waals surface area contributed by atoms with E-state index in [9.17, 15) is 4.79 Å². The van der Waals surface area contributed by atoms with Crippen LogP contribution in [0.4, 0.5) is 0 Å². The third-order valence-corrected chi connectivity index (χ3v) is 3.60. The van der Waals surface area contributed by atoms with E-state index in [1.165, 1.54) is 11.3 Å². The van der Waals surface area contributed by atoms with Gasteiger partial charge in [0.2, 0.25) is 6.41 Å². The quantitative estimate of drug-likeness (QED) is 0.678. The molecule has 0 fully saturated rings. The molecule has 0 atom stereocenters. The van der Waals surface area contributed by atoms with Crippen molar-refractivity contribution < 1.29 is 4.79 Å². The highest BCUT2D eigenvalue weighted by Gasteiger charge is 2.24. The molecular weight excluding hydrogens is 256 g/mol. The van der Waals surface area contributed by atoms with Crippen LogP contribution < -0.4 is 0 Å². The zero-order chi connectivity index (χ0) is 11.0. The first kappa shape index (κ1) is 10.5. The van der Waals surface area contributed by atoms with Gasteiger partial charge in [-0.2, -0.15) is 0 Å². The van der Waals surface area contributed by atoms with Crippen molar-refractivity contribution in [1.29, 1.82) is 0 Å². The normalized spacial score (nSPS) is 21.5. The average molecular weight is 269 g/mol. The molecule has 0 aromatic carbocycles. The minimum atomic E-state index is 0.700. The summed E-state index contributed by atoms with van der Waals surface area (Å²) in [7, 11) is 2.02. The van der Waals surface area contributed by atoms with Crippen molar-refractivity contribution in [2.24, 2.45) is 0 Å². The van der Waals surface area contributed by atoms with E-state index in [0.717, 1.165) is 29.6 Å². The van der Waals surface area contributed by atoms with Crippen LogP contribution >= 0.6 is 15.9 Å². The Labute approximate surface area is 97.9 Å². The summed E-state index contributed by atoms with van der Waals surface area (Å²) in [6.45, 7) is 5.50. The predicted octanol–water partition coefficient (Wildman–Crippen LogP) is 1.84. The van der Waals surface area contributed by atoms with Gasteiger partial charge in [-0.3, -0.25) is 4.79 Å². The van der Waals surface area contributed by atoms with E-state index >= 15 is 0 Å². The Balaban J connectivity index is 2.34. The summed E-state index contributed by atoms with van der Waals surface area (Å²) in [5.74, 6) is 0. The first-order chi connectivity index (χ1) is 7.13. The van der Waals surface area contributed by atoms with Crippen LogP contribution in [0.5, 0.6) is 0 Å². The zero-order valence-electron chi connectivity index (χ0n) is 8.66. The molecular formula is C11H13BrN2O. The van der Waals surface area contributed by atoms with Gasteiger partial charge >= 0.3 is 0 Å². The summed E-state index contributed by atoms with van der Waals surface area (Å²) in [6.07, 6.45) is 3.88. The first-order valence-electron chi connectivity index (χ1n) is 4.85. The fraction of sp³-hybridized carbons (Fsp3) is 0.364. The predicted molar refractivity (Wildman–Crippen MR) is 63.2 cm³/mol. The molecule has 0 saturated heterocycles. The molecule has 2 rings (SSSR count). The van der Waals surface area contributed by atoms with Crippen LogP contribution in [0.2, 0.25) is 0 Å². The van der Waals surface area contributed by atoms with E-state index in [1.54, 1.807) is 4.90 Å². The van der Waals surface area contributed by atoms with E-state index in [0.29, 0.717) is 6.54 Å². The summed E-state index contributed by atoms with van der Waals surface area (Å²) in [6, 6.07) is 0. The third kappa shape index (κ3) is 1.74. The summed E-state index contributed by atoms with van der Waals surface area (Å²) >= 11 is 3.48. The molecule has 0 unspecified atom stereocenters. The van der Waals surface area contributed by atoms with Crippen molar-refractivity contribution in [2.45, 2.75) is 6.42 Å². The van der Waals surface area contributed by atoms with Gasteiger partial charge in [0.05, 0.1) is 0 Å². The molecule has 3 nitrogen and oxygen atoms in total. The molecule has 0 spiro atoms. The number of carbonyl (C=O) groups is 1. The van der Waals surface area contributed by atoms with Crippen molar-refractivity contribution in [1.82, 2.24) is 9.80 Å². The molecule has 2 aliphatic rings. The van der Waals surface area contributed by atoms with E-state index in [-0.39, 0.29) is 0 Å². The molecule has 80 valence electrons. The summed E-state index contributed by atoms with van der Waals surface area (Å²) < 4.78 is 0.997. The van der Waals surface area contributed by atoms with E-state index < -0.39 is 0 Å². The number of likely N-dealkylation sites (N-methyl/N-ethyl adjacent to an activating group) is 1. The Morgan fingerprint density at radius 3 is 3.00 bits per heavy atom. The van der Waals surface area contributed by atoms with Gasteiger partial charge in [-0.15, -0.1) is 0 Å². The lowest BCUT2D eigenvalue weighted by atomic mass is 10.0. The van der Waals surface area contributed by atoms with Gasteiger partial charge in [0.15, 0.2) is 0 Å². The number of amides is 1. The highest BCUT2D eigenvalue weighted by molar-refractivity contribution is 9.12. The molecule has 0 aromatic heterocycles. The molecule has 0 aliphatic carbocycles. The van der Waals surface area contributed by atoms with Gasteiger partial charge in [0.25, 0.3) is 0 Å². The van der Waals surface area contributed by atoms with Crippen molar-refractivity contribution in [3.63, 3.8) is 0 Å². The lowest BCUT2D eigenvalue weighted by Crippen LogP contribution is -2.35. The second kappa shape index (κ2) is 3.85. The maximum Gasteiger partial charge on any atom is 0.210 e. The highest BCUT2D eigenvalue weighted by atomic mass is 79.9. The Hall–Kier alpha value is -1.03. The molecule has 2 heterocycles. The van der Waals surface area contributed by atoms with Gasteiger partial charge < -0.3 is 9.80 Å². The van der Waals surface area contributed by atoms with Crippen LogP contribution in [-0.4, -0.2) is 36.3 Å². The molecule has 2 aliphatic heterocycles. The minimum absolute atomic E-state index is 0.700. The van der Waals surface area contributed by atoms with Crippen molar-refractivity contribution >= 4 is 22.3 Å². The Morgan fingerprint density at radius 1 is 1.60 bits per heavy atom. The van der Waals surface area contributed by atoms with Crippen molar-refractivity contribution in [3.8, 4) is 0 Å². The summed E-state index contributed by atoms with van der Waals surface area (Å²) in [5, 5.41) is 0. The number of rotatable bonds is 1. The van der Waals surface area contributed by atoms with Crippen LogP contribution in [-0.2, 0) is 4.79 Å². The maximum absolute atomic E-state index is 10.7. The standard InChI is InChI=1S/C11H13BrN2O/c1-8-10(12)5-9-6-14(7-15)4-3-11(9)13(8)2/h5,7H,1,3-4,6H2,2H3. The van der Waals surface area contributed by atoms with Gasteiger partial charge in [0, 0.05) is 42.4 Å². The topological polar surface area (TPSA) is 23.6 Å². The molecule has 4 heteroatoms. The zero-order valence-corrected chi connectivity index (χ0v) is 10.2. The van der Waals surface area contributed by atoms with Crippen molar-refractivity contribution in [3.05, 3.63) is 34.1 Å². The fourth-order valence-corrected chi connectivity index (χ4v) is 2.50. The van der Waals surface area contributed by atoms with Crippen molar-refractivity contribution in [2.75, 3.05) is 20.1 Å². The fourth-order valence-electron chi connectivity index (χ4n) is 1.96. The lowest BCUT2D eigenvalue weighted by molar-refractivity contribution is -0.118. The third-order valence-electron chi connectivity index (χ3n) is 2.92. The van der Waals surface area contributed by atoms with Crippen LogP contribution in [0, 0.1) is 0 Å². The number of hydrogen-bond acceptors (Lipinski definition) is 2. The number of allylic oxidation sites excluding steroid dienone is 1. The minimum Gasteiger partial charge on any atom is -0.347 e. The molecule has 0 N–H and O–H groups in total. The monoisotopic (exact) mass is 268 g/mol. The Kier molecular flexibility index (Phi) is 2.69. The molecule has 15 heavy (non-hydrogen) atoms. The van der Waals surface area contributed by atoms with Crippen LogP contribution in [0.1, 0.15) is 6.42 Å². The molecule has 0 saturated carbocycles. The van der Waals surface area contributed by atoms with E-state index in [2.05, 4.69) is 33.5 Å². The van der Waals surface area contributed by atoms with Crippen LogP contribution in [0.15, 0.2) is 34.1 Å². The van der Waals surface area contributed by atoms with Crippen LogP contribution in [0.25, 0.3) is 0 Å². The first-order valence-corrected chi connectivity index (χ1v) is 5.64. The summed E-state index contributed by atoms with van der Waals surface area (Å²) in [4.78, 5) is 14.6. The molecule has 0 radical (unpaired) electrons. The molecule has 0 bridgehead atoms. The van der Waals surface area contributed by atoms with Gasteiger partial charge in [-0.25, -0.2) is 0 Å². The second-order valence-corrected chi connectivity index (χ2v) is 4.65. The SMILES string of the molecule is C=C1C(Br)=CC2=C(CCN(C=O)C2)N1C. The number of carbonyl (C=O) groups excluding carboxylic acids is 1. The molecule has 0 aromatic rings. The van der Waals surface area contributed by atoms with E-state index in [4.69, 9.17) is 0 Å². The largest absolute Gasteiger partial charge is 0.347 e. The lowest BCUT2D eigenvalue weighted by Gasteiger charge is -2.36. The van der Waals surface area contributed by atoms with E-state index in [1.807, 2.05) is 7.05 Å². The highest BCUT2D eigenvalue weighted by Crippen LogP contribution is 2.34. The average Bonchev–Trinajstić information content (AvgIpc) is 2.25. The molecule has 1 amide bonds.